The van der Waals surface area contributed by atoms with Crippen LogP contribution in [0.25, 0.3) is 0 Å². The lowest BCUT2D eigenvalue weighted by Gasteiger charge is -2.40. The van der Waals surface area contributed by atoms with Crippen molar-refractivity contribution in [3.8, 4) is 0 Å². The number of rotatable bonds is 11. The average molecular weight is 589 g/mol. The van der Waals surface area contributed by atoms with E-state index in [0.29, 0.717) is 5.92 Å². The average Bonchev–Trinajstić information content (AvgIpc) is 3.05. The molecule has 1 heterocycles. The van der Waals surface area contributed by atoms with Crippen molar-refractivity contribution >= 4 is 6.09 Å². The fourth-order valence-electron chi connectivity index (χ4n) is 6.63. The number of amides is 1. The lowest BCUT2D eigenvalue weighted by atomic mass is 9.76. The van der Waals surface area contributed by atoms with Gasteiger partial charge in [0.2, 0.25) is 0 Å². The third-order valence-electron chi connectivity index (χ3n) is 8.80. The van der Waals surface area contributed by atoms with Crippen molar-refractivity contribution in [3.05, 3.63) is 144 Å². The summed E-state index contributed by atoms with van der Waals surface area (Å²) in [5, 5.41) is 4.28. The Balaban J connectivity index is 1.37. The summed E-state index contributed by atoms with van der Waals surface area (Å²) < 4.78 is 5.62. The summed E-state index contributed by atoms with van der Waals surface area (Å²) in [6.07, 6.45) is 6.22. The molecule has 1 N–H and O–H groups in total. The van der Waals surface area contributed by atoms with E-state index in [1.807, 2.05) is 25.7 Å². The minimum Gasteiger partial charge on any atom is -0.444 e. The van der Waals surface area contributed by atoms with Gasteiger partial charge in [-0.2, -0.15) is 0 Å². The van der Waals surface area contributed by atoms with E-state index >= 15 is 0 Å². The first kappa shape index (κ1) is 31.5. The Morgan fingerprint density at radius 2 is 1.20 bits per heavy atom. The summed E-state index contributed by atoms with van der Waals surface area (Å²) in [4.78, 5) is 14.5. The summed E-state index contributed by atoms with van der Waals surface area (Å²) in [6, 6.07) is 43.8. The first-order valence-electron chi connectivity index (χ1n) is 16.3. The second-order valence-corrected chi connectivity index (χ2v) is 13.2. The third-order valence-corrected chi connectivity index (χ3v) is 8.80. The molecule has 0 saturated carbocycles. The minimum atomic E-state index is -0.498. The van der Waals surface area contributed by atoms with Gasteiger partial charge in [-0.1, -0.05) is 134 Å². The van der Waals surface area contributed by atoms with Crippen LogP contribution in [0, 0.1) is 5.92 Å². The van der Waals surface area contributed by atoms with Gasteiger partial charge in [0.1, 0.15) is 5.60 Å². The molecule has 1 fully saturated rings. The number of nitrogens with one attached hydrogen (secondary N) is 1. The molecular formula is C40H48N2O2. The maximum Gasteiger partial charge on any atom is 0.410 e. The number of benzene rings is 4. The van der Waals surface area contributed by atoms with Crippen LogP contribution in [0.2, 0.25) is 0 Å². The van der Waals surface area contributed by atoms with Crippen LogP contribution in [-0.2, 0) is 16.7 Å². The van der Waals surface area contributed by atoms with Gasteiger partial charge in [0.25, 0.3) is 0 Å². The molecule has 5 rings (SSSR count). The number of carbonyl (C=O) groups excluding carboxylic acids is 1. The van der Waals surface area contributed by atoms with Crippen LogP contribution in [0.5, 0.6) is 0 Å². The highest BCUT2D eigenvalue weighted by Gasteiger charge is 2.38. The lowest BCUT2D eigenvalue weighted by Crippen LogP contribution is -2.50. The Bertz CT molecular complexity index is 1310. The summed E-state index contributed by atoms with van der Waals surface area (Å²) in [5.41, 5.74) is 4.12. The Kier molecular flexibility index (Phi) is 10.6. The second kappa shape index (κ2) is 14.7. The Morgan fingerprint density at radius 3 is 1.66 bits per heavy atom. The molecule has 0 radical (unpaired) electrons. The molecule has 1 amide bonds. The standard InChI is InChI=1S/C40H48N2O2/c1-39(2,3)44-38(43)42-29-27-32(28-30-42)19-16-26-37(31-33-17-8-4-9-18-33)41-40(34-20-10-5-11-21-34,35-22-12-6-13-23-35)36-24-14-7-15-25-36/h4-15,17-18,20-25,32,37,41H,16,19,26-31H2,1-3H3. The fourth-order valence-corrected chi connectivity index (χ4v) is 6.63. The number of piperidine rings is 1. The number of nitrogens with zero attached hydrogens (tertiary/aromatic N) is 1. The maximum atomic E-state index is 12.6. The number of ether oxygens (including phenoxy) is 1. The van der Waals surface area contributed by atoms with Crippen LogP contribution in [0.15, 0.2) is 121 Å². The van der Waals surface area contributed by atoms with E-state index < -0.39 is 11.1 Å². The van der Waals surface area contributed by atoms with E-state index in [9.17, 15) is 4.79 Å². The topological polar surface area (TPSA) is 41.6 Å². The largest absolute Gasteiger partial charge is 0.444 e. The minimum absolute atomic E-state index is 0.179. The highest BCUT2D eigenvalue weighted by Crippen LogP contribution is 2.38. The van der Waals surface area contributed by atoms with Crippen molar-refractivity contribution < 1.29 is 9.53 Å². The van der Waals surface area contributed by atoms with Gasteiger partial charge in [-0.3, -0.25) is 5.32 Å². The summed E-state index contributed by atoms with van der Waals surface area (Å²) in [5.74, 6) is 0.633. The molecule has 1 aliphatic heterocycles. The maximum absolute atomic E-state index is 12.6. The molecule has 1 saturated heterocycles. The first-order chi connectivity index (χ1) is 21.3. The fraction of sp³-hybridized carbons (Fsp3) is 0.375. The van der Waals surface area contributed by atoms with Gasteiger partial charge in [-0.25, -0.2) is 4.79 Å². The van der Waals surface area contributed by atoms with Crippen LogP contribution < -0.4 is 5.32 Å². The highest BCUT2D eigenvalue weighted by atomic mass is 16.6. The van der Waals surface area contributed by atoms with Crippen molar-refractivity contribution in [1.82, 2.24) is 10.2 Å². The number of likely N-dealkylation sites (tertiary alicyclic amines) is 1. The molecule has 4 aromatic rings. The molecule has 0 aliphatic carbocycles. The number of hydrogen-bond donors (Lipinski definition) is 1. The molecule has 1 atom stereocenters. The summed E-state index contributed by atoms with van der Waals surface area (Å²) in [6.45, 7) is 7.35. The molecule has 44 heavy (non-hydrogen) atoms. The van der Waals surface area contributed by atoms with Crippen LogP contribution in [0.3, 0.4) is 0 Å². The molecule has 0 spiro atoms. The van der Waals surface area contributed by atoms with Gasteiger partial charge in [0.15, 0.2) is 0 Å². The van der Waals surface area contributed by atoms with E-state index in [0.717, 1.165) is 45.2 Å². The third kappa shape index (κ3) is 8.18. The number of hydrogen-bond acceptors (Lipinski definition) is 3. The monoisotopic (exact) mass is 588 g/mol. The molecule has 1 unspecified atom stereocenters. The molecule has 230 valence electrons. The normalized spacial score (nSPS) is 15.1. The van der Waals surface area contributed by atoms with E-state index in [1.165, 1.54) is 28.7 Å². The van der Waals surface area contributed by atoms with Gasteiger partial charge in [-0.05, 0) is 74.6 Å². The smallest absolute Gasteiger partial charge is 0.410 e. The van der Waals surface area contributed by atoms with Crippen LogP contribution >= 0.6 is 0 Å². The first-order valence-corrected chi connectivity index (χ1v) is 16.3. The van der Waals surface area contributed by atoms with E-state index in [4.69, 9.17) is 4.74 Å². The summed E-state index contributed by atoms with van der Waals surface area (Å²) >= 11 is 0. The van der Waals surface area contributed by atoms with Crippen molar-refractivity contribution in [2.75, 3.05) is 13.1 Å². The quantitative estimate of drug-likeness (QED) is 0.178. The zero-order chi connectivity index (χ0) is 30.8. The van der Waals surface area contributed by atoms with E-state index in [2.05, 4.69) is 127 Å². The van der Waals surface area contributed by atoms with Crippen molar-refractivity contribution in [2.45, 2.75) is 76.5 Å². The molecule has 0 aromatic heterocycles. The Morgan fingerprint density at radius 1 is 0.750 bits per heavy atom. The van der Waals surface area contributed by atoms with Gasteiger partial charge in [0, 0.05) is 19.1 Å². The second-order valence-electron chi connectivity index (χ2n) is 13.2. The van der Waals surface area contributed by atoms with E-state index in [1.54, 1.807) is 0 Å². The van der Waals surface area contributed by atoms with Crippen molar-refractivity contribution in [1.29, 1.82) is 0 Å². The SMILES string of the molecule is CC(C)(C)OC(=O)N1CCC(CCCC(Cc2ccccc2)NC(c2ccccc2)(c2ccccc2)c2ccccc2)CC1. The molecule has 4 nitrogen and oxygen atoms in total. The lowest BCUT2D eigenvalue weighted by molar-refractivity contribution is 0.0180. The van der Waals surface area contributed by atoms with Gasteiger partial charge >= 0.3 is 6.09 Å². The van der Waals surface area contributed by atoms with Crippen LogP contribution in [-0.4, -0.2) is 35.7 Å². The molecule has 4 aromatic carbocycles. The Hall–Kier alpha value is -3.89. The zero-order valence-electron chi connectivity index (χ0n) is 26.6. The Labute approximate surface area is 264 Å². The van der Waals surface area contributed by atoms with Gasteiger partial charge < -0.3 is 9.64 Å². The molecule has 4 heteroatoms. The summed E-state index contributed by atoms with van der Waals surface area (Å²) in [7, 11) is 0. The number of carbonyl (C=O) groups is 1. The zero-order valence-corrected chi connectivity index (χ0v) is 26.6. The molecule has 0 bridgehead atoms. The predicted molar refractivity (Wildman–Crippen MR) is 181 cm³/mol. The van der Waals surface area contributed by atoms with Crippen molar-refractivity contribution in [3.63, 3.8) is 0 Å². The van der Waals surface area contributed by atoms with Crippen molar-refractivity contribution in [2.24, 2.45) is 5.92 Å². The van der Waals surface area contributed by atoms with Gasteiger partial charge in [0.05, 0.1) is 5.54 Å². The molecule has 1 aliphatic rings. The highest BCUT2D eigenvalue weighted by molar-refractivity contribution is 5.68. The van der Waals surface area contributed by atoms with Crippen LogP contribution in [0.4, 0.5) is 4.79 Å². The van der Waals surface area contributed by atoms with Crippen LogP contribution in [0.1, 0.15) is 75.1 Å². The van der Waals surface area contributed by atoms with Gasteiger partial charge in [-0.15, -0.1) is 0 Å². The van der Waals surface area contributed by atoms with E-state index in [-0.39, 0.29) is 12.1 Å². The molecular weight excluding hydrogens is 540 g/mol. The predicted octanol–water partition coefficient (Wildman–Crippen LogP) is 9.00.